The average molecular weight is 305 g/mol. The number of nitrogens with one attached hydrogen (secondary N) is 1. The van der Waals surface area contributed by atoms with Crippen molar-refractivity contribution in [1.29, 1.82) is 0 Å². The maximum atomic E-state index is 12.7. The maximum absolute atomic E-state index is 12.7. The van der Waals surface area contributed by atoms with E-state index in [9.17, 15) is 9.59 Å². The lowest BCUT2D eigenvalue weighted by atomic mass is 10.0. The third kappa shape index (κ3) is 2.60. The minimum Gasteiger partial charge on any atom is -0.357 e. The van der Waals surface area contributed by atoms with Crippen LogP contribution in [-0.2, 0) is 16.1 Å². The molecule has 3 rings (SSSR count). The lowest BCUT2D eigenvalue weighted by Gasteiger charge is -2.35. The molecule has 0 saturated heterocycles. The van der Waals surface area contributed by atoms with Crippen molar-refractivity contribution in [2.24, 2.45) is 5.92 Å². The molecule has 1 aliphatic carbocycles. The Hall–Kier alpha value is -1.92. The highest BCUT2D eigenvalue weighted by Gasteiger charge is 2.38. The van der Waals surface area contributed by atoms with E-state index in [0.29, 0.717) is 31.3 Å². The van der Waals surface area contributed by atoms with E-state index in [-0.39, 0.29) is 11.8 Å². The molecule has 22 heavy (non-hydrogen) atoms. The van der Waals surface area contributed by atoms with E-state index < -0.39 is 6.04 Å². The standard InChI is InChI=1S/C15H23N5O2/c1-10-17-18-14-13(15(22)16-2)20(8-7-19(10)14)12(21)9-11-5-3-4-6-11/h11,13H,3-9H2,1-2H3,(H,16,22). The predicted octanol–water partition coefficient (Wildman–Crippen LogP) is 0.796. The van der Waals surface area contributed by atoms with E-state index >= 15 is 0 Å². The Bertz CT molecular complexity index is 576. The molecule has 2 amide bonds. The van der Waals surface area contributed by atoms with Gasteiger partial charge in [0.05, 0.1) is 0 Å². The van der Waals surface area contributed by atoms with Crippen LogP contribution < -0.4 is 5.32 Å². The van der Waals surface area contributed by atoms with E-state index in [0.717, 1.165) is 18.7 Å². The van der Waals surface area contributed by atoms with Crippen LogP contribution in [0.25, 0.3) is 0 Å². The van der Waals surface area contributed by atoms with Gasteiger partial charge in [-0.15, -0.1) is 10.2 Å². The quantitative estimate of drug-likeness (QED) is 0.895. The van der Waals surface area contributed by atoms with Crippen LogP contribution in [0.5, 0.6) is 0 Å². The summed E-state index contributed by atoms with van der Waals surface area (Å²) in [5, 5.41) is 10.8. The third-order valence-corrected chi connectivity index (χ3v) is 4.84. The van der Waals surface area contributed by atoms with Crippen LogP contribution in [0.4, 0.5) is 0 Å². The van der Waals surface area contributed by atoms with Gasteiger partial charge in [0.15, 0.2) is 11.9 Å². The van der Waals surface area contributed by atoms with Gasteiger partial charge >= 0.3 is 0 Å². The predicted molar refractivity (Wildman–Crippen MR) is 79.9 cm³/mol. The van der Waals surface area contributed by atoms with Crippen LogP contribution in [0.2, 0.25) is 0 Å². The van der Waals surface area contributed by atoms with Gasteiger partial charge in [0.25, 0.3) is 5.91 Å². The third-order valence-electron chi connectivity index (χ3n) is 4.84. The number of hydrogen-bond donors (Lipinski definition) is 1. The normalized spacial score (nSPS) is 21.7. The summed E-state index contributed by atoms with van der Waals surface area (Å²) in [5.74, 6) is 1.69. The molecule has 1 unspecified atom stereocenters. The molecule has 0 bridgehead atoms. The highest BCUT2D eigenvalue weighted by molar-refractivity contribution is 5.88. The number of rotatable bonds is 3. The average Bonchev–Trinajstić information content (AvgIpc) is 3.15. The van der Waals surface area contributed by atoms with Gasteiger partial charge in [-0.05, 0) is 25.7 Å². The Balaban J connectivity index is 1.83. The van der Waals surface area contributed by atoms with Crippen molar-refractivity contribution >= 4 is 11.8 Å². The lowest BCUT2D eigenvalue weighted by molar-refractivity contribution is -0.143. The van der Waals surface area contributed by atoms with Gasteiger partial charge in [-0.1, -0.05) is 12.8 Å². The molecule has 1 aromatic rings. The Morgan fingerprint density at radius 3 is 2.64 bits per heavy atom. The number of carbonyl (C=O) groups is 2. The number of fused-ring (bicyclic) bond motifs is 1. The molecule has 7 nitrogen and oxygen atoms in total. The van der Waals surface area contributed by atoms with Gasteiger partial charge in [-0.25, -0.2) is 0 Å². The van der Waals surface area contributed by atoms with Crippen molar-refractivity contribution in [3.05, 3.63) is 11.6 Å². The molecule has 2 aliphatic rings. The first-order valence-electron chi connectivity index (χ1n) is 8.02. The topological polar surface area (TPSA) is 80.1 Å². The van der Waals surface area contributed by atoms with Crippen LogP contribution in [0.3, 0.4) is 0 Å². The Morgan fingerprint density at radius 1 is 1.23 bits per heavy atom. The van der Waals surface area contributed by atoms with E-state index in [2.05, 4.69) is 15.5 Å². The minimum absolute atomic E-state index is 0.0624. The zero-order chi connectivity index (χ0) is 15.7. The first kappa shape index (κ1) is 15.0. The molecule has 0 spiro atoms. The SMILES string of the molecule is CNC(=O)C1c2nnc(C)n2CCN1C(=O)CC1CCCC1. The van der Waals surface area contributed by atoms with Gasteiger partial charge in [-0.2, -0.15) is 0 Å². The number of aryl methyl sites for hydroxylation is 1. The van der Waals surface area contributed by atoms with Gasteiger partial charge in [-0.3, -0.25) is 9.59 Å². The molecule has 1 aliphatic heterocycles. The zero-order valence-electron chi connectivity index (χ0n) is 13.2. The fourth-order valence-electron chi connectivity index (χ4n) is 3.60. The van der Waals surface area contributed by atoms with E-state index in [1.54, 1.807) is 11.9 Å². The number of aromatic nitrogens is 3. The van der Waals surface area contributed by atoms with Crippen molar-refractivity contribution in [2.45, 2.75) is 51.6 Å². The molecular weight excluding hydrogens is 282 g/mol. The minimum atomic E-state index is -0.658. The Kier molecular flexibility index (Phi) is 4.13. The monoisotopic (exact) mass is 305 g/mol. The van der Waals surface area contributed by atoms with Crippen molar-refractivity contribution in [1.82, 2.24) is 25.0 Å². The molecule has 1 aromatic heterocycles. The summed E-state index contributed by atoms with van der Waals surface area (Å²) in [7, 11) is 1.59. The highest BCUT2D eigenvalue weighted by Crippen LogP contribution is 2.31. The lowest BCUT2D eigenvalue weighted by Crippen LogP contribution is -2.48. The second-order valence-corrected chi connectivity index (χ2v) is 6.22. The molecule has 2 heterocycles. The highest BCUT2D eigenvalue weighted by atomic mass is 16.2. The smallest absolute Gasteiger partial charge is 0.250 e. The molecule has 1 atom stereocenters. The number of amides is 2. The maximum Gasteiger partial charge on any atom is 0.250 e. The summed E-state index contributed by atoms with van der Waals surface area (Å²) in [4.78, 5) is 26.7. The summed E-state index contributed by atoms with van der Waals surface area (Å²) in [6.45, 7) is 3.06. The summed E-state index contributed by atoms with van der Waals surface area (Å²) >= 11 is 0. The van der Waals surface area contributed by atoms with Crippen molar-refractivity contribution in [3.63, 3.8) is 0 Å². The number of likely N-dealkylation sites (N-methyl/N-ethyl adjacent to an activating group) is 1. The molecule has 120 valence electrons. The summed E-state index contributed by atoms with van der Waals surface area (Å²) < 4.78 is 1.93. The van der Waals surface area contributed by atoms with Gasteiger partial charge in [0.1, 0.15) is 5.82 Å². The molecular formula is C15H23N5O2. The summed E-state index contributed by atoms with van der Waals surface area (Å²) in [6, 6.07) is -0.658. The molecule has 1 fully saturated rings. The van der Waals surface area contributed by atoms with Crippen LogP contribution in [-0.4, -0.2) is 45.1 Å². The van der Waals surface area contributed by atoms with E-state index in [1.807, 2.05) is 11.5 Å². The first-order chi connectivity index (χ1) is 10.6. The summed E-state index contributed by atoms with van der Waals surface area (Å²) in [5.41, 5.74) is 0. The zero-order valence-corrected chi connectivity index (χ0v) is 13.2. The van der Waals surface area contributed by atoms with Crippen LogP contribution >= 0.6 is 0 Å². The molecule has 7 heteroatoms. The van der Waals surface area contributed by atoms with E-state index in [4.69, 9.17) is 0 Å². The fraction of sp³-hybridized carbons (Fsp3) is 0.733. The van der Waals surface area contributed by atoms with Gasteiger partial charge in [0, 0.05) is 26.6 Å². The second-order valence-electron chi connectivity index (χ2n) is 6.22. The van der Waals surface area contributed by atoms with Crippen molar-refractivity contribution in [2.75, 3.05) is 13.6 Å². The molecule has 1 N–H and O–H groups in total. The van der Waals surface area contributed by atoms with Gasteiger partial charge in [0.2, 0.25) is 5.91 Å². The molecule has 0 radical (unpaired) electrons. The first-order valence-corrected chi connectivity index (χ1v) is 8.02. The largest absolute Gasteiger partial charge is 0.357 e. The van der Waals surface area contributed by atoms with Crippen LogP contribution in [0, 0.1) is 12.8 Å². The fourth-order valence-corrected chi connectivity index (χ4v) is 3.60. The van der Waals surface area contributed by atoms with E-state index in [1.165, 1.54) is 12.8 Å². The summed E-state index contributed by atoms with van der Waals surface area (Å²) in [6.07, 6.45) is 5.22. The Labute approximate surface area is 130 Å². The number of hydrogen-bond acceptors (Lipinski definition) is 4. The Morgan fingerprint density at radius 2 is 1.95 bits per heavy atom. The molecule has 1 saturated carbocycles. The van der Waals surface area contributed by atoms with Gasteiger partial charge < -0.3 is 14.8 Å². The second kappa shape index (κ2) is 6.06. The number of carbonyl (C=O) groups excluding carboxylic acids is 2. The van der Waals surface area contributed by atoms with Crippen LogP contribution in [0.15, 0.2) is 0 Å². The molecule has 0 aromatic carbocycles. The van der Waals surface area contributed by atoms with Crippen molar-refractivity contribution < 1.29 is 9.59 Å². The van der Waals surface area contributed by atoms with Crippen molar-refractivity contribution in [3.8, 4) is 0 Å². The van der Waals surface area contributed by atoms with Crippen LogP contribution in [0.1, 0.15) is 49.8 Å². The number of nitrogens with zero attached hydrogens (tertiary/aromatic N) is 4.